The summed E-state index contributed by atoms with van der Waals surface area (Å²) in [6.45, 7) is 16.9. The van der Waals surface area contributed by atoms with E-state index in [1.807, 2.05) is 12.1 Å². The number of fused-ring (bicyclic) bond motifs is 1. The molecule has 0 spiro atoms. The number of H-pyrrole nitrogens is 1. The van der Waals surface area contributed by atoms with Crippen molar-refractivity contribution in [3.8, 4) is 11.5 Å². The van der Waals surface area contributed by atoms with Gasteiger partial charge in [0.1, 0.15) is 23.8 Å². The fourth-order valence-electron chi connectivity index (χ4n) is 7.49. The SMILES string of the molecule is COc1cc2c(Nc3cc(CC(=O)Nc4cc(F)cc(F)c4)[nH]n3)ncnc2cc1OCCCN1CCC[C@H]1C(C(C)(C)C)C(C)(C)C. The van der Waals surface area contributed by atoms with Gasteiger partial charge in [0.25, 0.3) is 0 Å². The van der Waals surface area contributed by atoms with Crippen molar-refractivity contribution in [2.75, 3.05) is 37.4 Å². The number of hydrogen-bond donors (Lipinski definition) is 3. The van der Waals surface area contributed by atoms with Gasteiger partial charge in [0, 0.05) is 47.6 Å². The minimum absolute atomic E-state index is 0.0330. The van der Waals surface area contributed by atoms with Crippen LogP contribution in [0.2, 0.25) is 0 Å². The summed E-state index contributed by atoms with van der Waals surface area (Å²) in [7, 11) is 1.60. The van der Waals surface area contributed by atoms with Gasteiger partial charge < -0.3 is 20.1 Å². The Kier molecular flexibility index (Phi) is 10.5. The lowest BCUT2D eigenvalue weighted by Crippen LogP contribution is -2.48. The number of hydrogen-bond acceptors (Lipinski definition) is 8. The Balaban J connectivity index is 1.21. The molecule has 2 aromatic carbocycles. The van der Waals surface area contributed by atoms with Crippen molar-refractivity contribution in [1.82, 2.24) is 25.1 Å². The van der Waals surface area contributed by atoms with Crippen molar-refractivity contribution in [3.05, 3.63) is 60.1 Å². The van der Waals surface area contributed by atoms with Crippen LogP contribution in [0.1, 0.15) is 66.5 Å². The minimum Gasteiger partial charge on any atom is -0.493 e. The maximum absolute atomic E-state index is 13.5. The number of likely N-dealkylation sites (tertiary alicyclic amines) is 1. The molecule has 0 unspecified atom stereocenters. The van der Waals surface area contributed by atoms with Crippen LogP contribution in [0.4, 0.5) is 26.1 Å². The molecule has 10 nitrogen and oxygen atoms in total. The van der Waals surface area contributed by atoms with E-state index < -0.39 is 17.5 Å². The average Bonchev–Trinajstić information content (AvgIpc) is 3.62. The molecule has 1 fully saturated rings. The first-order valence-corrected chi connectivity index (χ1v) is 16.5. The Morgan fingerprint density at radius 2 is 1.75 bits per heavy atom. The molecule has 258 valence electrons. The van der Waals surface area contributed by atoms with Crippen LogP contribution in [0.3, 0.4) is 0 Å². The molecule has 12 heteroatoms. The first-order valence-electron chi connectivity index (χ1n) is 16.5. The topological polar surface area (TPSA) is 117 Å². The van der Waals surface area contributed by atoms with Gasteiger partial charge >= 0.3 is 0 Å². The van der Waals surface area contributed by atoms with Crippen LogP contribution in [-0.4, -0.2) is 63.8 Å². The molecule has 0 saturated carbocycles. The molecule has 1 aliphatic heterocycles. The maximum atomic E-state index is 13.5. The number of nitrogens with zero attached hydrogens (tertiary/aromatic N) is 4. The quantitative estimate of drug-likeness (QED) is 0.133. The van der Waals surface area contributed by atoms with E-state index in [-0.39, 0.29) is 22.9 Å². The zero-order chi connectivity index (χ0) is 34.6. The fourth-order valence-corrected chi connectivity index (χ4v) is 7.49. The minimum atomic E-state index is -0.776. The molecule has 3 N–H and O–H groups in total. The number of ether oxygens (including phenoxy) is 2. The first-order chi connectivity index (χ1) is 22.7. The Morgan fingerprint density at radius 3 is 2.44 bits per heavy atom. The van der Waals surface area contributed by atoms with Crippen LogP contribution >= 0.6 is 0 Å². The third-order valence-corrected chi connectivity index (χ3v) is 8.81. The number of anilines is 3. The van der Waals surface area contributed by atoms with Crippen LogP contribution in [-0.2, 0) is 11.2 Å². The van der Waals surface area contributed by atoms with E-state index in [9.17, 15) is 13.6 Å². The van der Waals surface area contributed by atoms with E-state index in [4.69, 9.17) is 9.47 Å². The molecule has 1 atom stereocenters. The normalized spacial score (nSPS) is 15.7. The second-order valence-electron chi connectivity index (χ2n) is 14.7. The molecule has 1 amide bonds. The van der Waals surface area contributed by atoms with E-state index in [1.54, 1.807) is 13.2 Å². The molecule has 5 rings (SSSR count). The van der Waals surface area contributed by atoms with Gasteiger partial charge in [0.2, 0.25) is 5.91 Å². The number of benzene rings is 2. The van der Waals surface area contributed by atoms with E-state index >= 15 is 0 Å². The number of rotatable bonds is 12. The highest BCUT2D eigenvalue weighted by Gasteiger charge is 2.44. The lowest BCUT2D eigenvalue weighted by Gasteiger charge is -2.47. The highest BCUT2D eigenvalue weighted by atomic mass is 19.1. The lowest BCUT2D eigenvalue weighted by molar-refractivity contribution is -0.115. The molecule has 2 aromatic heterocycles. The summed E-state index contributed by atoms with van der Waals surface area (Å²) in [5.74, 6) is 0.672. The molecule has 48 heavy (non-hydrogen) atoms. The number of aromatic amines is 1. The van der Waals surface area contributed by atoms with Crippen molar-refractivity contribution in [3.63, 3.8) is 0 Å². The molecule has 0 radical (unpaired) electrons. The van der Waals surface area contributed by atoms with Crippen molar-refractivity contribution in [2.24, 2.45) is 16.7 Å². The molecule has 1 aliphatic rings. The summed E-state index contributed by atoms with van der Waals surface area (Å²) in [5.41, 5.74) is 1.63. The van der Waals surface area contributed by atoms with E-state index in [0.717, 1.165) is 37.7 Å². The third-order valence-electron chi connectivity index (χ3n) is 8.81. The zero-order valence-electron chi connectivity index (χ0n) is 28.9. The van der Waals surface area contributed by atoms with Crippen molar-refractivity contribution in [2.45, 2.75) is 73.3 Å². The fraction of sp³-hybridized carbons (Fsp3) is 0.500. The smallest absolute Gasteiger partial charge is 0.230 e. The molecule has 3 heterocycles. The summed E-state index contributed by atoms with van der Waals surface area (Å²) in [4.78, 5) is 24.0. The Morgan fingerprint density at radius 1 is 1.02 bits per heavy atom. The van der Waals surface area contributed by atoms with Gasteiger partial charge in [-0.1, -0.05) is 41.5 Å². The van der Waals surface area contributed by atoms with Gasteiger partial charge in [0.15, 0.2) is 17.3 Å². The van der Waals surface area contributed by atoms with Crippen LogP contribution in [0.5, 0.6) is 11.5 Å². The number of carbonyl (C=O) groups is 1. The van der Waals surface area contributed by atoms with E-state index in [1.165, 1.54) is 19.2 Å². The summed E-state index contributed by atoms with van der Waals surface area (Å²) < 4.78 is 38.9. The molecule has 4 aromatic rings. The van der Waals surface area contributed by atoms with Crippen molar-refractivity contribution >= 4 is 34.1 Å². The van der Waals surface area contributed by atoms with Gasteiger partial charge in [-0.25, -0.2) is 18.7 Å². The zero-order valence-corrected chi connectivity index (χ0v) is 28.9. The van der Waals surface area contributed by atoms with Gasteiger partial charge in [0.05, 0.1) is 25.7 Å². The largest absolute Gasteiger partial charge is 0.493 e. The predicted molar refractivity (Wildman–Crippen MR) is 184 cm³/mol. The number of carbonyl (C=O) groups excluding carboxylic acids is 1. The second kappa shape index (κ2) is 14.4. The number of methoxy groups -OCH3 is 1. The number of amides is 1. The van der Waals surface area contributed by atoms with Crippen LogP contribution in [0.25, 0.3) is 10.9 Å². The Labute approximate surface area is 281 Å². The van der Waals surface area contributed by atoms with Gasteiger partial charge in [-0.3, -0.25) is 14.8 Å². The molecular weight excluding hydrogens is 616 g/mol. The summed E-state index contributed by atoms with van der Waals surface area (Å²) in [6, 6.07) is 8.74. The predicted octanol–water partition coefficient (Wildman–Crippen LogP) is 7.51. The van der Waals surface area contributed by atoms with Gasteiger partial charge in [-0.05, 0) is 60.8 Å². The lowest BCUT2D eigenvalue weighted by atomic mass is 9.63. The standard InChI is InChI=1S/C36H47F2N7O3/c1-35(2,3)33(36(4,5)6)28-10-8-11-45(28)12-9-13-48-30-20-27-26(19-29(30)47-7)34(40-21-39-27)42-31-17-25(43-44-31)18-32(46)41-24-15-22(37)14-23(38)16-24/h14-17,19-21,28,33H,8-13,18H2,1-7H3,(H,41,46)(H2,39,40,42,43,44)/t28-/m0/s1. The van der Waals surface area contributed by atoms with E-state index in [0.29, 0.717) is 58.3 Å². The van der Waals surface area contributed by atoms with Gasteiger partial charge in [-0.2, -0.15) is 5.10 Å². The third kappa shape index (κ3) is 8.58. The molecule has 0 aliphatic carbocycles. The van der Waals surface area contributed by atoms with Crippen LogP contribution in [0.15, 0.2) is 42.7 Å². The number of halogens is 2. The number of nitrogens with one attached hydrogen (secondary N) is 3. The van der Waals surface area contributed by atoms with E-state index in [2.05, 4.69) is 77.2 Å². The summed E-state index contributed by atoms with van der Waals surface area (Å²) >= 11 is 0. The van der Waals surface area contributed by atoms with Crippen LogP contribution in [0, 0.1) is 28.4 Å². The monoisotopic (exact) mass is 663 g/mol. The molecule has 1 saturated heterocycles. The summed E-state index contributed by atoms with van der Waals surface area (Å²) in [6.07, 6.45) is 4.74. The number of aromatic nitrogens is 4. The second-order valence-corrected chi connectivity index (χ2v) is 14.7. The van der Waals surface area contributed by atoms with Crippen molar-refractivity contribution < 1.29 is 23.0 Å². The highest BCUT2D eigenvalue weighted by Crippen LogP contribution is 2.46. The maximum Gasteiger partial charge on any atom is 0.230 e. The molecule has 0 bridgehead atoms. The Bertz CT molecular complexity index is 1700. The highest BCUT2D eigenvalue weighted by molar-refractivity contribution is 5.93. The van der Waals surface area contributed by atoms with Crippen LogP contribution < -0.4 is 20.1 Å². The summed E-state index contributed by atoms with van der Waals surface area (Å²) in [5, 5.41) is 13.4. The molecular formula is C36H47F2N7O3. The van der Waals surface area contributed by atoms with Crippen molar-refractivity contribution in [1.29, 1.82) is 0 Å². The average molecular weight is 664 g/mol. The first kappa shape index (κ1) is 35.0. The Hall–Kier alpha value is -4.32. The van der Waals surface area contributed by atoms with Gasteiger partial charge in [-0.15, -0.1) is 0 Å².